The molecule has 0 aliphatic rings. The van der Waals surface area contributed by atoms with Crippen LogP contribution in [0.25, 0.3) is 0 Å². The largest absolute Gasteiger partial charge is 0.506 e. The van der Waals surface area contributed by atoms with Crippen molar-refractivity contribution in [2.75, 3.05) is 32.2 Å². The van der Waals surface area contributed by atoms with Gasteiger partial charge in [-0.15, -0.1) is 0 Å². The second-order valence-electron chi connectivity index (χ2n) is 4.84. The first-order chi connectivity index (χ1) is 10.9. The molecule has 0 aromatic heterocycles. The van der Waals surface area contributed by atoms with Crippen molar-refractivity contribution in [3.63, 3.8) is 0 Å². The van der Waals surface area contributed by atoms with Gasteiger partial charge in [0, 0.05) is 26.6 Å². The van der Waals surface area contributed by atoms with Gasteiger partial charge in [-0.2, -0.15) is 0 Å². The molecule has 0 fully saturated rings. The van der Waals surface area contributed by atoms with Crippen molar-refractivity contribution in [1.82, 2.24) is 0 Å². The predicted molar refractivity (Wildman–Crippen MR) is 85.0 cm³/mol. The van der Waals surface area contributed by atoms with Crippen LogP contribution < -0.4 is 5.73 Å². The number of phenols is 1. The number of nitrogen functional groups attached to an aromatic ring is 1. The van der Waals surface area contributed by atoms with Gasteiger partial charge in [-0.25, -0.2) is 4.79 Å². The van der Waals surface area contributed by atoms with E-state index in [-0.39, 0.29) is 23.6 Å². The maximum Gasteiger partial charge on any atom is 0.338 e. The molecule has 0 radical (unpaired) electrons. The number of carbonyl (C=O) groups is 1. The Morgan fingerprint density at radius 2 is 1.83 bits per heavy atom. The second kappa shape index (κ2) is 9.34. The maximum absolute atomic E-state index is 11.8. The highest BCUT2D eigenvalue weighted by atomic mass is 16.9. The Bertz CT molecular complexity index is 499. The predicted octanol–water partition coefficient (Wildman–Crippen LogP) is 2.28. The summed E-state index contributed by atoms with van der Waals surface area (Å²) in [5.41, 5.74) is 5.95. The Kier molecular flexibility index (Phi) is 7.80. The third-order valence-electron chi connectivity index (χ3n) is 2.96. The Morgan fingerprint density at radius 1 is 1.17 bits per heavy atom. The van der Waals surface area contributed by atoms with E-state index in [1.807, 2.05) is 13.8 Å². The Labute approximate surface area is 136 Å². The monoisotopic (exact) mass is 327 g/mol. The van der Waals surface area contributed by atoms with Gasteiger partial charge in [0.05, 0.1) is 24.5 Å². The van der Waals surface area contributed by atoms with Crippen molar-refractivity contribution < 1.29 is 28.8 Å². The van der Waals surface area contributed by atoms with Crippen LogP contribution in [0.1, 0.15) is 37.6 Å². The zero-order valence-electron chi connectivity index (χ0n) is 13.8. The molecule has 0 aliphatic heterocycles. The van der Waals surface area contributed by atoms with Gasteiger partial charge in [0.25, 0.3) is 5.97 Å². The van der Waals surface area contributed by atoms with E-state index in [4.69, 9.17) is 24.7 Å². The lowest BCUT2D eigenvalue weighted by Gasteiger charge is -2.28. The van der Waals surface area contributed by atoms with E-state index < -0.39 is 11.9 Å². The first kappa shape index (κ1) is 19.2. The summed E-state index contributed by atoms with van der Waals surface area (Å²) in [7, 11) is 0. The number of rotatable bonds is 10. The lowest BCUT2D eigenvalue weighted by Crippen LogP contribution is -2.36. The molecule has 0 saturated heterocycles. The highest BCUT2D eigenvalue weighted by Crippen LogP contribution is 2.21. The van der Waals surface area contributed by atoms with Crippen LogP contribution in [-0.4, -0.2) is 43.5 Å². The molecule has 130 valence electrons. The Hall–Kier alpha value is -1.83. The zero-order valence-corrected chi connectivity index (χ0v) is 13.8. The molecular formula is C16H25NO6. The minimum Gasteiger partial charge on any atom is -0.506 e. The van der Waals surface area contributed by atoms with Crippen molar-refractivity contribution in [3.8, 4) is 5.75 Å². The minimum absolute atomic E-state index is 0.0684. The van der Waals surface area contributed by atoms with E-state index in [1.165, 1.54) is 18.2 Å². The highest BCUT2D eigenvalue weighted by molar-refractivity contribution is 5.90. The fraction of sp³-hybridized carbons (Fsp3) is 0.562. The summed E-state index contributed by atoms with van der Waals surface area (Å²) in [4.78, 5) is 11.8. The summed E-state index contributed by atoms with van der Waals surface area (Å²) in [5, 5.41) is 9.32. The van der Waals surface area contributed by atoms with Crippen LogP contribution in [0.2, 0.25) is 0 Å². The quantitative estimate of drug-likeness (QED) is 0.223. The molecule has 0 atom stereocenters. The summed E-state index contributed by atoms with van der Waals surface area (Å²) in [6, 6.07) is 4.17. The molecule has 1 aromatic carbocycles. The number of ether oxygens (including phenoxy) is 4. The number of benzene rings is 1. The molecule has 23 heavy (non-hydrogen) atoms. The highest BCUT2D eigenvalue weighted by Gasteiger charge is 2.25. The summed E-state index contributed by atoms with van der Waals surface area (Å²) in [6.07, 6.45) is 0.495. The number of hydrogen-bond acceptors (Lipinski definition) is 7. The summed E-state index contributed by atoms with van der Waals surface area (Å²) >= 11 is 0. The van der Waals surface area contributed by atoms with Crippen molar-refractivity contribution in [1.29, 1.82) is 0 Å². The van der Waals surface area contributed by atoms with E-state index >= 15 is 0 Å². The average Bonchev–Trinajstić information content (AvgIpc) is 2.50. The fourth-order valence-electron chi connectivity index (χ4n) is 1.90. The Morgan fingerprint density at radius 3 is 2.39 bits per heavy atom. The molecule has 0 bridgehead atoms. The maximum atomic E-state index is 11.8. The first-order valence-electron chi connectivity index (χ1n) is 7.59. The number of carbonyl (C=O) groups excluding carboxylic acids is 1. The van der Waals surface area contributed by atoms with E-state index in [2.05, 4.69) is 0 Å². The third-order valence-corrected chi connectivity index (χ3v) is 2.96. The average molecular weight is 327 g/mol. The molecule has 3 N–H and O–H groups in total. The summed E-state index contributed by atoms with van der Waals surface area (Å²) in [6.45, 7) is 6.85. The first-order valence-corrected chi connectivity index (χ1v) is 7.59. The molecule has 0 unspecified atom stereocenters. The SMILES string of the molecule is CCOC(C)(OCC)OCCCOC(=O)c1ccc(O)c(N)c1. The fourth-order valence-corrected chi connectivity index (χ4v) is 1.90. The van der Waals surface area contributed by atoms with Gasteiger partial charge in [0.1, 0.15) is 5.75 Å². The van der Waals surface area contributed by atoms with Crippen LogP contribution in [0.4, 0.5) is 5.69 Å². The van der Waals surface area contributed by atoms with Gasteiger partial charge in [0.2, 0.25) is 0 Å². The van der Waals surface area contributed by atoms with Gasteiger partial charge in [-0.05, 0) is 32.0 Å². The van der Waals surface area contributed by atoms with Crippen molar-refractivity contribution in [2.24, 2.45) is 0 Å². The molecule has 0 heterocycles. The molecule has 0 amide bonds. The lowest BCUT2D eigenvalue weighted by atomic mass is 10.2. The Balaban J connectivity index is 2.33. The van der Waals surface area contributed by atoms with E-state index in [9.17, 15) is 9.90 Å². The van der Waals surface area contributed by atoms with Crippen molar-refractivity contribution in [3.05, 3.63) is 23.8 Å². The standard InChI is InChI=1S/C16H25NO6/c1-4-21-16(3,22-5-2)23-10-6-9-20-15(19)12-7-8-14(18)13(17)11-12/h7-8,11,18H,4-6,9-10,17H2,1-3H3. The number of anilines is 1. The molecule has 7 nitrogen and oxygen atoms in total. The topological polar surface area (TPSA) is 100 Å². The number of esters is 1. The van der Waals surface area contributed by atoms with Gasteiger partial charge in [0.15, 0.2) is 0 Å². The molecule has 1 rings (SSSR count). The van der Waals surface area contributed by atoms with Gasteiger partial charge in [-0.3, -0.25) is 0 Å². The van der Waals surface area contributed by atoms with Crippen LogP contribution in [0.5, 0.6) is 5.75 Å². The molecule has 0 aliphatic carbocycles. The summed E-state index contributed by atoms with van der Waals surface area (Å²) in [5.74, 6) is -1.66. The number of phenolic OH excluding ortho intramolecular Hbond substituents is 1. The smallest absolute Gasteiger partial charge is 0.338 e. The van der Waals surface area contributed by atoms with Crippen LogP contribution in [0.3, 0.4) is 0 Å². The van der Waals surface area contributed by atoms with Crippen LogP contribution >= 0.6 is 0 Å². The molecular weight excluding hydrogens is 302 g/mol. The molecule has 0 saturated carbocycles. The van der Waals surface area contributed by atoms with Crippen LogP contribution in [-0.2, 0) is 18.9 Å². The van der Waals surface area contributed by atoms with Gasteiger partial charge >= 0.3 is 5.97 Å². The van der Waals surface area contributed by atoms with Crippen molar-refractivity contribution in [2.45, 2.75) is 33.2 Å². The third kappa shape index (κ3) is 6.43. The normalized spacial score (nSPS) is 11.4. The number of hydrogen-bond donors (Lipinski definition) is 2. The van der Waals surface area contributed by atoms with Gasteiger partial charge in [-0.1, -0.05) is 0 Å². The van der Waals surface area contributed by atoms with E-state index in [0.29, 0.717) is 26.2 Å². The molecule has 0 spiro atoms. The number of nitrogens with two attached hydrogens (primary N) is 1. The number of aromatic hydroxyl groups is 1. The van der Waals surface area contributed by atoms with E-state index in [0.717, 1.165) is 0 Å². The molecule has 7 heteroatoms. The summed E-state index contributed by atoms with van der Waals surface area (Å²) < 4.78 is 21.5. The molecule has 1 aromatic rings. The second-order valence-corrected chi connectivity index (χ2v) is 4.84. The van der Waals surface area contributed by atoms with Crippen LogP contribution in [0, 0.1) is 0 Å². The lowest BCUT2D eigenvalue weighted by molar-refractivity contribution is -0.367. The van der Waals surface area contributed by atoms with Crippen molar-refractivity contribution >= 4 is 11.7 Å². The van der Waals surface area contributed by atoms with Gasteiger partial charge < -0.3 is 29.8 Å². The zero-order chi connectivity index (χ0) is 17.3. The van der Waals surface area contributed by atoms with Crippen LogP contribution in [0.15, 0.2) is 18.2 Å². The minimum atomic E-state index is -1.08. The van der Waals surface area contributed by atoms with E-state index in [1.54, 1.807) is 6.92 Å².